The van der Waals surface area contributed by atoms with Gasteiger partial charge in [0.2, 0.25) is 0 Å². The van der Waals surface area contributed by atoms with Gasteiger partial charge >= 0.3 is 0 Å². The fourth-order valence-corrected chi connectivity index (χ4v) is 5.35. The third kappa shape index (κ3) is 3.38. The lowest BCUT2D eigenvalue weighted by molar-refractivity contribution is -0.0201. The molecule has 2 aliphatic heterocycles. The number of nitrogens with two attached hydrogens (primary N) is 2. The summed E-state index contributed by atoms with van der Waals surface area (Å²) in [4.78, 5) is 15.4. The molecular formula is C24H29N3O2. The fourth-order valence-electron chi connectivity index (χ4n) is 5.35. The molecule has 29 heavy (non-hydrogen) atoms. The normalized spacial score (nSPS) is 21.9. The number of ether oxygens (including phenoxy) is 1. The van der Waals surface area contributed by atoms with Crippen LogP contribution in [0.4, 0.5) is 11.4 Å². The summed E-state index contributed by atoms with van der Waals surface area (Å²) in [5, 5.41) is 0. The Morgan fingerprint density at radius 2 is 1.59 bits per heavy atom. The van der Waals surface area contributed by atoms with Gasteiger partial charge in [-0.1, -0.05) is 24.3 Å². The minimum atomic E-state index is -0.392. The summed E-state index contributed by atoms with van der Waals surface area (Å²) < 4.78 is 6.39. The number of carbonyl (C=O) groups excluding carboxylic acids is 1. The van der Waals surface area contributed by atoms with Gasteiger partial charge in [-0.25, -0.2) is 0 Å². The van der Waals surface area contributed by atoms with Gasteiger partial charge in [0, 0.05) is 38.0 Å². The minimum Gasteiger partial charge on any atom is -0.486 e. The average Bonchev–Trinajstić information content (AvgIpc) is 2.93. The Labute approximate surface area is 172 Å². The van der Waals surface area contributed by atoms with Crippen molar-refractivity contribution in [3.63, 3.8) is 0 Å². The van der Waals surface area contributed by atoms with E-state index in [0.717, 1.165) is 38.8 Å². The predicted molar refractivity (Wildman–Crippen MR) is 115 cm³/mol. The first kappa shape index (κ1) is 18.5. The second-order valence-electron chi connectivity index (χ2n) is 8.90. The maximum absolute atomic E-state index is 12.8. The number of nitrogen functional groups attached to an aromatic ring is 2. The highest BCUT2D eigenvalue weighted by molar-refractivity contribution is 6.02. The van der Waals surface area contributed by atoms with E-state index in [4.69, 9.17) is 16.2 Å². The molecule has 0 unspecified atom stereocenters. The monoisotopic (exact) mass is 391 g/mol. The van der Waals surface area contributed by atoms with Crippen LogP contribution in [0, 0.1) is 0 Å². The van der Waals surface area contributed by atoms with Crippen molar-refractivity contribution in [2.45, 2.75) is 56.6 Å². The van der Waals surface area contributed by atoms with Crippen molar-refractivity contribution in [1.82, 2.24) is 4.90 Å². The molecule has 4 N–H and O–H groups in total. The van der Waals surface area contributed by atoms with Crippen LogP contribution >= 0.6 is 0 Å². The van der Waals surface area contributed by atoms with Crippen molar-refractivity contribution in [1.29, 1.82) is 0 Å². The van der Waals surface area contributed by atoms with Gasteiger partial charge in [0.05, 0.1) is 23.4 Å². The van der Waals surface area contributed by atoms with Gasteiger partial charge in [-0.3, -0.25) is 4.79 Å². The molecule has 5 nitrogen and oxygen atoms in total. The molecule has 0 amide bonds. The van der Waals surface area contributed by atoms with Gasteiger partial charge in [0.25, 0.3) is 0 Å². The van der Waals surface area contributed by atoms with E-state index >= 15 is 0 Å². The molecule has 2 aromatic rings. The topological polar surface area (TPSA) is 81.6 Å². The standard InChI is InChI=1S/C24H29N3O2/c25-20-13-19-22(28)15-24(29-23(19)14-21(20)26)9-11-27(12-10-24)18-7-5-16-3-1-2-4-17(16)6-8-18/h1-4,13-14,18H,5-12,15,25-26H2. The predicted octanol–water partition coefficient (Wildman–Crippen LogP) is 3.60. The van der Waals surface area contributed by atoms with E-state index in [0.29, 0.717) is 35.2 Å². The number of aryl methyl sites for hydroxylation is 2. The van der Waals surface area contributed by atoms with Gasteiger partial charge in [-0.2, -0.15) is 0 Å². The molecule has 0 radical (unpaired) electrons. The number of Topliss-reactive ketones (excluding diaryl/α,β-unsaturated/α-hetero) is 1. The average molecular weight is 392 g/mol. The van der Waals surface area contributed by atoms with E-state index in [1.54, 1.807) is 12.1 Å². The number of nitrogens with zero attached hydrogens (tertiary/aromatic N) is 1. The van der Waals surface area contributed by atoms with Gasteiger partial charge in [0.15, 0.2) is 5.78 Å². The van der Waals surface area contributed by atoms with E-state index in [2.05, 4.69) is 29.2 Å². The molecule has 5 rings (SSSR count). The summed E-state index contributed by atoms with van der Waals surface area (Å²) in [7, 11) is 0. The molecule has 2 heterocycles. The minimum absolute atomic E-state index is 0.122. The lowest BCUT2D eigenvalue weighted by Crippen LogP contribution is -2.53. The number of rotatable bonds is 1. The largest absolute Gasteiger partial charge is 0.486 e. The Kier molecular flexibility index (Phi) is 4.50. The van der Waals surface area contributed by atoms with E-state index in [-0.39, 0.29) is 5.78 Å². The van der Waals surface area contributed by atoms with E-state index in [1.807, 2.05) is 0 Å². The lowest BCUT2D eigenvalue weighted by Gasteiger charge is -2.46. The molecule has 0 saturated carbocycles. The van der Waals surface area contributed by atoms with Crippen molar-refractivity contribution in [2.75, 3.05) is 24.6 Å². The summed E-state index contributed by atoms with van der Waals surface area (Å²) in [6, 6.07) is 12.9. The van der Waals surface area contributed by atoms with Gasteiger partial charge in [-0.05, 0) is 42.9 Å². The summed E-state index contributed by atoms with van der Waals surface area (Å²) in [6.07, 6.45) is 6.94. The van der Waals surface area contributed by atoms with E-state index in [9.17, 15) is 4.79 Å². The first-order chi connectivity index (χ1) is 14.0. The first-order valence-electron chi connectivity index (χ1n) is 10.8. The number of hydrogen-bond donors (Lipinski definition) is 2. The van der Waals surface area contributed by atoms with Crippen LogP contribution in [-0.4, -0.2) is 35.4 Å². The zero-order valence-electron chi connectivity index (χ0n) is 16.8. The molecule has 1 fully saturated rings. The molecule has 1 saturated heterocycles. The number of benzene rings is 2. The van der Waals surface area contributed by atoms with Crippen molar-refractivity contribution in [3.8, 4) is 5.75 Å². The molecular weight excluding hydrogens is 362 g/mol. The number of anilines is 2. The maximum atomic E-state index is 12.8. The van der Waals surface area contributed by atoms with Crippen molar-refractivity contribution in [3.05, 3.63) is 53.1 Å². The second kappa shape index (κ2) is 7.06. The van der Waals surface area contributed by atoms with E-state index < -0.39 is 5.60 Å². The van der Waals surface area contributed by atoms with Gasteiger partial charge in [-0.15, -0.1) is 0 Å². The fraction of sp³-hybridized carbons (Fsp3) is 0.458. The lowest BCUT2D eigenvalue weighted by atomic mass is 9.81. The number of likely N-dealkylation sites (tertiary alicyclic amines) is 1. The summed E-state index contributed by atoms with van der Waals surface area (Å²) >= 11 is 0. The Balaban J connectivity index is 1.27. The van der Waals surface area contributed by atoms with Crippen molar-refractivity contribution < 1.29 is 9.53 Å². The highest BCUT2D eigenvalue weighted by atomic mass is 16.5. The van der Waals surface area contributed by atoms with Gasteiger partial charge in [0.1, 0.15) is 11.4 Å². The number of hydrogen-bond acceptors (Lipinski definition) is 5. The first-order valence-corrected chi connectivity index (χ1v) is 10.8. The van der Waals surface area contributed by atoms with Crippen LogP contribution in [0.5, 0.6) is 5.75 Å². The number of carbonyl (C=O) groups is 1. The van der Waals surface area contributed by atoms with Crippen LogP contribution in [0.15, 0.2) is 36.4 Å². The molecule has 0 aromatic heterocycles. The van der Waals surface area contributed by atoms with Crippen LogP contribution in [0.1, 0.15) is 53.6 Å². The highest BCUT2D eigenvalue weighted by Crippen LogP contribution is 2.42. The molecule has 3 aliphatic rings. The van der Waals surface area contributed by atoms with Crippen molar-refractivity contribution >= 4 is 17.2 Å². The molecule has 1 spiro atoms. The molecule has 5 heteroatoms. The zero-order valence-corrected chi connectivity index (χ0v) is 16.8. The molecule has 2 aromatic carbocycles. The smallest absolute Gasteiger partial charge is 0.170 e. The molecule has 152 valence electrons. The number of fused-ring (bicyclic) bond motifs is 2. The Hall–Kier alpha value is -2.53. The maximum Gasteiger partial charge on any atom is 0.170 e. The van der Waals surface area contributed by atoms with Crippen LogP contribution in [0.3, 0.4) is 0 Å². The number of piperidine rings is 1. The Bertz CT molecular complexity index is 920. The third-order valence-electron chi connectivity index (χ3n) is 7.13. The Morgan fingerprint density at radius 3 is 2.24 bits per heavy atom. The highest BCUT2D eigenvalue weighted by Gasteiger charge is 2.44. The van der Waals surface area contributed by atoms with Crippen molar-refractivity contribution in [2.24, 2.45) is 0 Å². The van der Waals surface area contributed by atoms with Crippen LogP contribution < -0.4 is 16.2 Å². The molecule has 1 aliphatic carbocycles. The second-order valence-corrected chi connectivity index (χ2v) is 8.90. The quantitative estimate of drug-likeness (QED) is 0.573. The van der Waals surface area contributed by atoms with Crippen LogP contribution in [-0.2, 0) is 12.8 Å². The SMILES string of the molecule is Nc1cc2c(cc1N)C(=O)CC1(CCN(C3CCc4ccccc4CC3)CC1)O2. The zero-order chi connectivity index (χ0) is 20.0. The summed E-state index contributed by atoms with van der Waals surface area (Å²) in [5.41, 5.74) is 16.0. The Morgan fingerprint density at radius 1 is 0.966 bits per heavy atom. The molecule has 0 bridgehead atoms. The summed E-state index contributed by atoms with van der Waals surface area (Å²) in [6.45, 7) is 1.96. The molecule has 0 atom stereocenters. The van der Waals surface area contributed by atoms with Crippen LogP contribution in [0.25, 0.3) is 0 Å². The van der Waals surface area contributed by atoms with Crippen LogP contribution in [0.2, 0.25) is 0 Å². The summed E-state index contributed by atoms with van der Waals surface area (Å²) in [5.74, 6) is 0.725. The third-order valence-corrected chi connectivity index (χ3v) is 7.13. The van der Waals surface area contributed by atoms with Gasteiger partial charge < -0.3 is 21.1 Å². The van der Waals surface area contributed by atoms with E-state index in [1.165, 1.54) is 24.0 Å². The number of ketones is 1.